The van der Waals surface area contributed by atoms with Gasteiger partial charge >= 0.3 is 0 Å². The van der Waals surface area contributed by atoms with Gasteiger partial charge in [0.15, 0.2) is 5.82 Å². The monoisotopic (exact) mass is 293 g/mol. The molecule has 0 amide bonds. The maximum Gasteiger partial charge on any atom is 0.293 e. The third kappa shape index (κ3) is 4.54. The number of rotatable bonds is 6. The molecule has 0 unspecified atom stereocenters. The van der Waals surface area contributed by atoms with Gasteiger partial charge in [-0.15, -0.1) is 0 Å². The van der Waals surface area contributed by atoms with E-state index in [0.717, 1.165) is 45.8 Å². The average molecular weight is 293 g/mol. The minimum atomic E-state index is 0.00834. The molecule has 0 bridgehead atoms. The van der Waals surface area contributed by atoms with Gasteiger partial charge < -0.3 is 14.8 Å². The summed E-state index contributed by atoms with van der Waals surface area (Å²) in [6, 6.07) is 0. The van der Waals surface area contributed by atoms with Crippen LogP contribution in [0.1, 0.15) is 13.8 Å². The first-order chi connectivity index (χ1) is 10.1. The van der Waals surface area contributed by atoms with E-state index in [0.29, 0.717) is 11.7 Å². The van der Waals surface area contributed by atoms with Crippen LogP contribution < -0.4 is 15.8 Å². The SMILES string of the molecule is CC(C)Cn1ccnc(N(C)CCN2CCNCC2)c1=O. The Morgan fingerprint density at radius 2 is 2.10 bits per heavy atom. The number of nitrogens with zero attached hydrogens (tertiary/aromatic N) is 4. The predicted molar refractivity (Wildman–Crippen MR) is 85.9 cm³/mol. The Bertz CT molecular complexity index is 493. The Morgan fingerprint density at radius 1 is 1.38 bits per heavy atom. The molecule has 0 aromatic carbocycles. The number of piperazine rings is 1. The highest BCUT2D eigenvalue weighted by molar-refractivity contribution is 5.34. The van der Waals surface area contributed by atoms with Gasteiger partial charge in [0.1, 0.15) is 0 Å². The molecule has 0 saturated carbocycles. The first kappa shape index (κ1) is 16.0. The van der Waals surface area contributed by atoms with E-state index < -0.39 is 0 Å². The summed E-state index contributed by atoms with van der Waals surface area (Å²) < 4.78 is 1.76. The summed E-state index contributed by atoms with van der Waals surface area (Å²) in [5, 5.41) is 3.35. The summed E-state index contributed by atoms with van der Waals surface area (Å²) in [5.74, 6) is 0.998. The highest BCUT2D eigenvalue weighted by Crippen LogP contribution is 2.03. The standard InChI is InChI=1S/C15H27N5O/c1-13(2)12-20-9-6-17-14(15(20)21)18(3)10-11-19-7-4-16-5-8-19/h6,9,13,16H,4-5,7-8,10-12H2,1-3H3. The molecule has 118 valence electrons. The van der Waals surface area contributed by atoms with Gasteiger partial charge in [-0.25, -0.2) is 4.98 Å². The zero-order valence-electron chi connectivity index (χ0n) is 13.4. The fourth-order valence-electron chi connectivity index (χ4n) is 2.57. The van der Waals surface area contributed by atoms with E-state index in [1.165, 1.54) is 0 Å². The molecular formula is C15H27N5O. The van der Waals surface area contributed by atoms with Crippen molar-refractivity contribution in [2.24, 2.45) is 5.92 Å². The third-order valence-electron chi connectivity index (χ3n) is 3.78. The molecule has 21 heavy (non-hydrogen) atoms. The molecule has 1 aliphatic rings. The lowest BCUT2D eigenvalue weighted by atomic mass is 10.2. The van der Waals surface area contributed by atoms with Crippen LogP contribution in [0.2, 0.25) is 0 Å². The first-order valence-electron chi connectivity index (χ1n) is 7.77. The Labute approximate surface area is 126 Å². The van der Waals surface area contributed by atoms with Crippen LogP contribution in [0.5, 0.6) is 0 Å². The number of likely N-dealkylation sites (N-methyl/N-ethyl adjacent to an activating group) is 1. The summed E-state index contributed by atoms with van der Waals surface area (Å²) in [4.78, 5) is 21.1. The zero-order chi connectivity index (χ0) is 15.2. The van der Waals surface area contributed by atoms with Crippen molar-refractivity contribution in [3.8, 4) is 0 Å². The van der Waals surface area contributed by atoms with E-state index in [4.69, 9.17) is 0 Å². The van der Waals surface area contributed by atoms with E-state index in [9.17, 15) is 4.79 Å². The fraction of sp³-hybridized carbons (Fsp3) is 0.733. The molecule has 1 N–H and O–H groups in total. The fourth-order valence-corrected chi connectivity index (χ4v) is 2.57. The second kappa shape index (κ2) is 7.56. The highest BCUT2D eigenvalue weighted by Gasteiger charge is 2.13. The second-order valence-electron chi connectivity index (χ2n) is 6.12. The maximum atomic E-state index is 12.4. The molecule has 6 heteroatoms. The second-order valence-corrected chi connectivity index (χ2v) is 6.12. The Kier molecular flexibility index (Phi) is 5.76. The molecule has 1 aliphatic heterocycles. The van der Waals surface area contributed by atoms with Crippen molar-refractivity contribution in [1.29, 1.82) is 0 Å². The molecule has 0 radical (unpaired) electrons. The molecule has 0 aliphatic carbocycles. The first-order valence-corrected chi connectivity index (χ1v) is 7.77. The summed E-state index contributed by atoms with van der Waals surface area (Å²) in [7, 11) is 1.95. The van der Waals surface area contributed by atoms with Gasteiger partial charge in [0.2, 0.25) is 0 Å². The smallest absolute Gasteiger partial charge is 0.293 e. The van der Waals surface area contributed by atoms with Crippen LogP contribution in [0, 0.1) is 5.92 Å². The minimum Gasteiger partial charge on any atom is -0.354 e. The lowest BCUT2D eigenvalue weighted by Gasteiger charge is -2.29. The molecular weight excluding hydrogens is 266 g/mol. The highest BCUT2D eigenvalue weighted by atomic mass is 16.1. The Morgan fingerprint density at radius 3 is 2.76 bits per heavy atom. The molecule has 2 rings (SSSR count). The van der Waals surface area contributed by atoms with Crippen molar-refractivity contribution < 1.29 is 0 Å². The van der Waals surface area contributed by atoms with E-state index in [-0.39, 0.29) is 5.56 Å². The van der Waals surface area contributed by atoms with Crippen molar-refractivity contribution in [2.75, 3.05) is 51.2 Å². The maximum absolute atomic E-state index is 12.4. The number of hydrogen-bond acceptors (Lipinski definition) is 5. The molecule has 1 fully saturated rings. The van der Waals surface area contributed by atoms with Crippen LogP contribution in [-0.2, 0) is 6.54 Å². The van der Waals surface area contributed by atoms with Crippen molar-refractivity contribution >= 4 is 5.82 Å². The normalized spacial score (nSPS) is 16.4. The van der Waals surface area contributed by atoms with Crippen LogP contribution in [0.4, 0.5) is 5.82 Å². The van der Waals surface area contributed by atoms with E-state index in [2.05, 4.69) is 29.0 Å². The Balaban J connectivity index is 1.98. The van der Waals surface area contributed by atoms with Crippen LogP contribution in [0.15, 0.2) is 17.2 Å². The van der Waals surface area contributed by atoms with Gasteiger partial charge in [-0.3, -0.25) is 9.69 Å². The summed E-state index contributed by atoms with van der Waals surface area (Å²) in [6.45, 7) is 11.0. The van der Waals surface area contributed by atoms with Crippen molar-refractivity contribution in [2.45, 2.75) is 20.4 Å². The van der Waals surface area contributed by atoms with Crippen LogP contribution in [0.25, 0.3) is 0 Å². The van der Waals surface area contributed by atoms with Crippen molar-refractivity contribution in [1.82, 2.24) is 19.8 Å². The van der Waals surface area contributed by atoms with Gasteiger partial charge in [-0.1, -0.05) is 13.8 Å². The minimum absolute atomic E-state index is 0.00834. The predicted octanol–water partition coefficient (Wildman–Crippen LogP) is 0.241. The Hall–Kier alpha value is -1.40. The number of anilines is 1. The number of hydrogen-bond donors (Lipinski definition) is 1. The van der Waals surface area contributed by atoms with Crippen molar-refractivity contribution in [3.63, 3.8) is 0 Å². The van der Waals surface area contributed by atoms with Gasteiger partial charge in [-0.05, 0) is 5.92 Å². The molecule has 2 heterocycles. The summed E-state index contributed by atoms with van der Waals surface area (Å²) >= 11 is 0. The largest absolute Gasteiger partial charge is 0.354 e. The van der Waals surface area contributed by atoms with Gasteiger partial charge in [-0.2, -0.15) is 0 Å². The average Bonchev–Trinajstić information content (AvgIpc) is 2.47. The summed E-state index contributed by atoms with van der Waals surface area (Å²) in [5.41, 5.74) is 0.00834. The number of aromatic nitrogens is 2. The van der Waals surface area contributed by atoms with Gasteiger partial charge in [0, 0.05) is 65.3 Å². The molecule has 1 aromatic rings. The topological polar surface area (TPSA) is 53.4 Å². The third-order valence-corrected chi connectivity index (χ3v) is 3.78. The van der Waals surface area contributed by atoms with Gasteiger partial charge in [0.05, 0.1) is 0 Å². The lowest BCUT2D eigenvalue weighted by molar-refractivity contribution is 0.246. The van der Waals surface area contributed by atoms with E-state index in [1.807, 2.05) is 11.9 Å². The summed E-state index contributed by atoms with van der Waals surface area (Å²) in [6.07, 6.45) is 3.50. The van der Waals surface area contributed by atoms with E-state index >= 15 is 0 Å². The molecule has 6 nitrogen and oxygen atoms in total. The zero-order valence-corrected chi connectivity index (χ0v) is 13.4. The quantitative estimate of drug-likeness (QED) is 0.814. The van der Waals surface area contributed by atoms with Crippen LogP contribution in [0.3, 0.4) is 0 Å². The molecule has 0 spiro atoms. The molecule has 1 aromatic heterocycles. The van der Waals surface area contributed by atoms with Crippen molar-refractivity contribution in [3.05, 3.63) is 22.7 Å². The van der Waals surface area contributed by atoms with E-state index in [1.54, 1.807) is 17.0 Å². The molecule has 1 saturated heterocycles. The van der Waals surface area contributed by atoms with Crippen LogP contribution >= 0.6 is 0 Å². The van der Waals surface area contributed by atoms with Gasteiger partial charge in [0.25, 0.3) is 5.56 Å². The van der Waals surface area contributed by atoms with Crippen LogP contribution in [-0.4, -0.2) is 60.8 Å². The molecule has 0 atom stereocenters. The lowest BCUT2D eigenvalue weighted by Crippen LogP contribution is -2.46. The number of nitrogens with one attached hydrogen (secondary N) is 1.